The molecule has 1 N–H and O–H groups in total. The predicted molar refractivity (Wildman–Crippen MR) is 133 cm³/mol. The normalized spacial score (nSPS) is 14.8. The van der Waals surface area contributed by atoms with Crippen LogP contribution in [0.15, 0.2) is 48.2 Å². The van der Waals surface area contributed by atoms with Gasteiger partial charge in [-0.05, 0) is 79.5 Å². The second-order valence-electron chi connectivity index (χ2n) is 9.90. The van der Waals surface area contributed by atoms with E-state index in [9.17, 15) is 36.2 Å². The number of aryl methyl sites for hydroxylation is 3. The first-order chi connectivity index (χ1) is 18.1. The molecule has 2 aromatic rings. The summed E-state index contributed by atoms with van der Waals surface area (Å²) in [7, 11) is 0. The Kier molecular flexibility index (Phi) is 8.79. The van der Waals surface area contributed by atoms with E-state index in [-0.39, 0.29) is 19.0 Å². The van der Waals surface area contributed by atoms with Gasteiger partial charge in [0.2, 0.25) is 0 Å². The highest BCUT2D eigenvalue weighted by Crippen LogP contribution is 2.46. The number of alkyl halides is 6. The number of aliphatic hydroxyl groups is 1. The average molecular weight is 559 g/mol. The van der Waals surface area contributed by atoms with Crippen molar-refractivity contribution >= 4 is 5.97 Å². The Bertz CT molecular complexity index is 1210. The van der Waals surface area contributed by atoms with Crippen LogP contribution >= 0.6 is 0 Å². The SMILES string of the molecule is CCC(CC)(c1ccc(CCC(O)(C(F)(F)F)C(F)(F)F)c(C)c1)c1ccc(OCC2=CCC(=O)O2)c(C)c1. The van der Waals surface area contributed by atoms with Crippen LogP contribution in [0, 0.1) is 13.8 Å². The van der Waals surface area contributed by atoms with E-state index in [0.29, 0.717) is 35.5 Å². The summed E-state index contributed by atoms with van der Waals surface area (Å²) in [5.74, 6) is 0.755. The van der Waals surface area contributed by atoms with E-state index in [1.807, 2.05) is 39.0 Å². The van der Waals surface area contributed by atoms with Crippen molar-refractivity contribution < 1.29 is 45.7 Å². The molecule has 2 aromatic carbocycles. The molecule has 39 heavy (non-hydrogen) atoms. The van der Waals surface area contributed by atoms with Crippen LogP contribution in [-0.4, -0.2) is 35.6 Å². The second kappa shape index (κ2) is 11.2. The van der Waals surface area contributed by atoms with Crippen molar-refractivity contribution in [3.63, 3.8) is 0 Å². The van der Waals surface area contributed by atoms with E-state index in [2.05, 4.69) is 0 Å². The minimum atomic E-state index is -5.84. The summed E-state index contributed by atoms with van der Waals surface area (Å²) in [5, 5.41) is 9.52. The molecule has 214 valence electrons. The van der Waals surface area contributed by atoms with Crippen molar-refractivity contribution in [2.75, 3.05) is 6.61 Å². The smallest absolute Gasteiger partial charge is 0.426 e. The van der Waals surface area contributed by atoms with Crippen molar-refractivity contribution in [2.24, 2.45) is 0 Å². The Labute approximate surface area is 223 Å². The monoisotopic (exact) mass is 558 g/mol. The second-order valence-corrected chi connectivity index (χ2v) is 9.90. The molecule has 1 aliphatic heterocycles. The minimum Gasteiger partial charge on any atom is -0.485 e. The Hall–Kier alpha value is -3.01. The van der Waals surface area contributed by atoms with Crippen molar-refractivity contribution in [3.05, 3.63) is 76.1 Å². The van der Waals surface area contributed by atoms with Crippen molar-refractivity contribution in [3.8, 4) is 5.75 Å². The molecular formula is C29H32F6O4. The number of hydrogen-bond acceptors (Lipinski definition) is 4. The number of carbonyl (C=O) groups excluding carboxylic acids is 1. The summed E-state index contributed by atoms with van der Waals surface area (Å²) in [6, 6.07) is 10.8. The summed E-state index contributed by atoms with van der Waals surface area (Å²) in [6.07, 6.45) is -10.5. The molecule has 0 saturated carbocycles. The maximum Gasteiger partial charge on any atom is 0.426 e. The molecule has 0 radical (unpaired) electrons. The number of benzene rings is 2. The predicted octanol–water partition coefficient (Wildman–Crippen LogP) is 7.41. The molecule has 0 fully saturated rings. The minimum absolute atomic E-state index is 0.122. The largest absolute Gasteiger partial charge is 0.485 e. The lowest BCUT2D eigenvalue weighted by Crippen LogP contribution is -2.57. The van der Waals surface area contributed by atoms with E-state index < -0.39 is 36.2 Å². The average Bonchev–Trinajstić information content (AvgIpc) is 3.27. The third-order valence-electron chi connectivity index (χ3n) is 7.64. The van der Waals surface area contributed by atoms with Gasteiger partial charge < -0.3 is 14.6 Å². The molecule has 4 nitrogen and oxygen atoms in total. The highest BCUT2D eigenvalue weighted by Gasteiger charge is 2.69. The van der Waals surface area contributed by atoms with E-state index in [0.717, 1.165) is 16.7 Å². The number of esters is 1. The fourth-order valence-electron chi connectivity index (χ4n) is 5.04. The molecule has 0 bridgehead atoms. The molecule has 3 rings (SSSR count). The van der Waals surface area contributed by atoms with Gasteiger partial charge in [-0.2, -0.15) is 26.3 Å². The summed E-state index contributed by atoms with van der Waals surface area (Å²) in [6.45, 7) is 7.68. The summed E-state index contributed by atoms with van der Waals surface area (Å²) in [5.41, 5.74) is -1.68. The van der Waals surface area contributed by atoms with Gasteiger partial charge in [-0.15, -0.1) is 0 Å². The maximum atomic E-state index is 13.1. The third kappa shape index (κ3) is 6.10. The molecule has 0 saturated heterocycles. The standard InChI is InChI=1S/C29H32F6O4/c1-5-26(6-2,22-9-11-24(19(4)16-22)38-17-23-10-12-25(36)39-23)21-8-7-20(18(3)15-21)13-14-27(37,28(30,31)32)29(33,34)35/h7-11,15-16,37H,5-6,12-14,17H2,1-4H3. The summed E-state index contributed by atoms with van der Waals surface area (Å²) >= 11 is 0. The Morgan fingerprint density at radius 3 is 1.92 bits per heavy atom. The summed E-state index contributed by atoms with van der Waals surface area (Å²) < 4.78 is 89.5. The number of cyclic esters (lactones) is 1. The van der Waals surface area contributed by atoms with E-state index >= 15 is 0 Å². The Balaban J connectivity index is 1.85. The van der Waals surface area contributed by atoms with Gasteiger partial charge >= 0.3 is 18.3 Å². The lowest BCUT2D eigenvalue weighted by atomic mass is 9.69. The number of rotatable bonds is 10. The third-order valence-corrected chi connectivity index (χ3v) is 7.64. The zero-order valence-corrected chi connectivity index (χ0v) is 22.2. The molecule has 0 atom stereocenters. The van der Waals surface area contributed by atoms with E-state index in [1.165, 1.54) is 0 Å². The van der Waals surface area contributed by atoms with Gasteiger partial charge in [0.05, 0.1) is 6.42 Å². The van der Waals surface area contributed by atoms with E-state index in [1.54, 1.807) is 31.2 Å². The van der Waals surface area contributed by atoms with Crippen LogP contribution in [0.2, 0.25) is 0 Å². The fraction of sp³-hybridized carbons (Fsp3) is 0.483. The van der Waals surface area contributed by atoms with Gasteiger partial charge in [0.25, 0.3) is 5.60 Å². The van der Waals surface area contributed by atoms with Crippen LogP contribution in [0.4, 0.5) is 26.3 Å². The van der Waals surface area contributed by atoms with Crippen LogP contribution in [-0.2, 0) is 21.4 Å². The zero-order valence-electron chi connectivity index (χ0n) is 22.2. The van der Waals surface area contributed by atoms with Crippen molar-refractivity contribution in [1.82, 2.24) is 0 Å². The molecule has 0 aromatic heterocycles. The van der Waals surface area contributed by atoms with Crippen molar-refractivity contribution in [2.45, 2.75) is 83.2 Å². The molecule has 10 heteroatoms. The quantitative estimate of drug-likeness (QED) is 0.244. The lowest BCUT2D eigenvalue weighted by Gasteiger charge is -2.35. The van der Waals surface area contributed by atoms with Gasteiger partial charge in [0.15, 0.2) is 0 Å². The molecule has 0 aliphatic carbocycles. The highest BCUT2D eigenvalue weighted by molar-refractivity contribution is 5.75. The molecule has 0 spiro atoms. The molecule has 0 amide bonds. The highest BCUT2D eigenvalue weighted by atomic mass is 19.4. The van der Waals surface area contributed by atoms with Gasteiger partial charge in [-0.25, -0.2) is 0 Å². The molecule has 1 aliphatic rings. The first-order valence-corrected chi connectivity index (χ1v) is 12.7. The zero-order chi connectivity index (χ0) is 29.2. The first kappa shape index (κ1) is 30.5. The van der Waals surface area contributed by atoms with Crippen LogP contribution < -0.4 is 4.74 Å². The molecular weight excluding hydrogens is 526 g/mol. The van der Waals surface area contributed by atoms with Gasteiger partial charge in [0, 0.05) is 5.41 Å². The van der Waals surface area contributed by atoms with Gasteiger partial charge in [-0.3, -0.25) is 4.79 Å². The fourth-order valence-corrected chi connectivity index (χ4v) is 5.04. The maximum absolute atomic E-state index is 13.1. The summed E-state index contributed by atoms with van der Waals surface area (Å²) in [4.78, 5) is 11.3. The number of halogens is 6. The first-order valence-electron chi connectivity index (χ1n) is 12.7. The lowest BCUT2D eigenvalue weighted by molar-refractivity contribution is -0.369. The molecule has 1 heterocycles. The van der Waals surface area contributed by atoms with Gasteiger partial charge in [-0.1, -0.05) is 44.2 Å². The Morgan fingerprint density at radius 2 is 1.46 bits per heavy atom. The van der Waals surface area contributed by atoms with Crippen molar-refractivity contribution in [1.29, 1.82) is 0 Å². The van der Waals surface area contributed by atoms with Crippen LogP contribution in [0.3, 0.4) is 0 Å². The van der Waals surface area contributed by atoms with E-state index in [4.69, 9.17) is 9.47 Å². The number of carbonyl (C=O) groups is 1. The number of ether oxygens (including phenoxy) is 2. The van der Waals surface area contributed by atoms with Crippen LogP contribution in [0.5, 0.6) is 5.75 Å². The van der Waals surface area contributed by atoms with Crippen LogP contribution in [0.25, 0.3) is 0 Å². The topological polar surface area (TPSA) is 55.8 Å². The van der Waals surface area contributed by atoms with Crippen LogP contribution in [0.1, 0.15) is 67.3 Å². The number of hydrogen-bond donors (Lipinski definition) is 1. The Morgan fingerprint density at radius 1 is 0.897 bits per heavy atom. The molecule has 0 unspecified atom stereocenters. The van der Waals surface area contributed by atoms with Gasteiger partial charge in [0.1, 0.15) is 18.1 Å².